The Morgan fingerprint density at radius 1 is 1.44 bits per heavy atom. The molecule has 1 saturated heterocycles. The van der Waals surface area contributed by atoms with Crippen LogP contribution in [0.2, 0.25) is 0 Å². The molecule has 0 aromatic rings. The zero-order valence-corrected chi connectivity index (χ0v) is 11.7. The molecule has 1 heterocycles. The van der Waals surface area contributed by atoms with Gasteiger partial charge in [-0.05, 0) is 13.3 Å². The van der Waals surface area contributed by atoms with Gasteiger partial charge in [-0.2, -0.15) is 0 Å². The van der Waals surface area contributed by atoms with E-state index in [2.05, 4.69) is 17.6 Å². The number of nitrogens with one attached hydrogen (secondary N) is 2. The second kappa shape index (κ2) is 7.36. The highest BCUT2D eigenvalue weighted by Gasteiger charge is 2.33. The highest BCUT2D eigenvalue weighted by atomic mass is 16.2. The lowest BCUT2D eigenvalue weighted by Crippen LogP contribution is -2.60. The number of amides is 2. The fraction of sp³-hybridized carbons (Fsp3) is 0.846. The Labute approximate surface area is 109 Å². The summed E-state index contributed by atoms with van der Waals surface area (Å²) in [4.78, 5) is 26.0. The van der Waals surface area contributed by atoms with Crippen LogP contribution in [-0.4, -0.2) is 48.9 Å². The summed E-state index contributed by atoms with van der Waals surface area (Å²) in [6, 6.07) is -0.356. The topological polar surface area (TPSA) is 61.4 Å². The summed E-state index contributed by atoms with van der Waals surface area (Å²) in [6.07, 6.45) is 1.87. The van der Waals surface area contributed by atoms with Gasteiger partial charge in [0.25, 0.3) is 0 Å². The molecule has 0 aliphatic carbocycles. The molecule has 0 spiro atoms. The number of likely N-dealkylation sites (N-methyl/N-ethyl adjacent to an activating group) is 1. The molecule has 5 nitrogen and oxygen atoms in total. The Bertz CT molecular complexity index is 294. The van der Waals surface area contributed by atoms with Crippen molar-refractivity contribution in [2.24, 2.45) is 5.92 Å². The van der Waals surface area contributed by atoms with Crippen molar-refractivity contribution < 1.29 is 9.59 Å². The number of carbonyl (C=O) groups is 2. The first-order valence-corrected chi connectivity index (χ1v) is 6.90. The smallest absolute Gasteiger partial charge is 0.244 e. The maximum absolute atomic E-state index is 12.3. The average Bonchev–Trinajstić information content (AvgIpc) is 2.38. The van der Waals surface area contributed by atoms with Gasteiger partial charge in [0.15, 0.2) is 0 Å². The van der Waals surface area contributed by atoms with Crippen molar-refractivity contribution in [2.45, 2.75) is 39.7 Å². The number of carbonyl (C=O) groups excluding carboxylic acids is 2. The van der Waals surface area contributed by atoms with Crippen LogP contribution in [0, 0.1) is 5.92 Å². The van der Waals surface area contributed by atoms with Gasteiger partial charge in [0.05, 0.1) is 0 Å². The van der Waals surface area contributed by atoms with Gasteiger partial charge in [-0.25, -0.2) is 0 Å². The first-order valence-electron chi connectivity index (χ1n) is 6.90. The van der Waals surface area contributed by atoms with Crippen LogP contribution >= 0.6 is 0 Å². The summed E-state index contributed by atoms with van der Waals surface area (Å²) in [5, 5.41) is 5.97. The molecule has 18 heavy (non-hydrogen) atoms. The van der Waals surface area contributed by atoms with E-state index in [0.717, 1.165) is 19.4 Å². The third-order valence-corrected chi connectivity index (χ3v) is 3.32. The van der Waals surface area contributed by atoms with Crippen LogP contribution in [0.15, 0.2) is 0 Å². The summed E-state index contributed by atoms with van der Waals surface area (Å²) < 4.78 is 0. The van der Waals surface area contributed by atoms with Crippen molar-refractivity contribution in [3.63, 3.8) is 0 Å². The van der Waals surface area contributed by atoms with Crippen LogP contribution in [0.25, 0.3) is 0 Å². The van der Waals surface area contributed by atoms with E-state index in [0.29, 0.717) is 19.6 Å². The minimum Gasteiger partial charge on any atom is -0.355 e. The van der Waals surface area contributed by atoms with Crippen LogP contribution in [0.1, 0.15) is 33.6 Å². The molecular weight excluding hydrogens is 230 g/mol. The van der Waals surface area contributed by atoms with Crippen molar-refractivity contribution in [3.05, 3.63) is 0 Å². The van der Waals surface area contributed by atoms with E-state index in [1.807, 2.05) is 13.8 Å². The second-order valence-electron chi connectivity index (χ2n) is 4.84. The SMILES string of the molecule is CCCC(C)C(=O)N1CCNCC1C(=O)NCC. The van der Waals surface area contributed by atoms with Crippen LogP contribution < -0.4 is 10.6 Å². The summed E-state index contributed by atoms with van der Waals surface area (Å²) in [7, 11) is 0. The molecule has 104 valence electrons. The molecule has 0 saturated carbocycles. The van der Waals surface area contributed by atoms with Gasteiger partial charge in [0.2, 0.25) is 11.8 Å². The molecule has 2 atom stereocenters. The molecule has 0 aromatic heterocycles. The van der Waals surface area contributed by atoms with E-state index < -0.39 is 0 Å². The predicted molar refractivity (Wildman–Crippen MR) is 71.1 cm³/mol. The molecule has 0 radical (unpaired) electrons. The van der Waals surface area contributed by atoms with E-state index in [1.165, 1.54) is 0 Å². The Balaban J connectivity index is 2.69. The van der Waals surface area contributed by atoms with Gasteiger partial charge in [-0.3, -0.25) is 9.59 Å². The highest BCUT2D eigenvalue weighted by Crippen LogP contribution is 2.13. The number of rotatable bonds is 5. The number of nitrogens with zero attached hydrogens (tertiary/aromatic N) is 1. The molecule has 0 aromatic carbocycles. The van der Waals surface area contributed by atoms with E-state index >= 15 is 0 Å². The zero-order valence-electron chi connectivity index (χ0n) is 11.7. The minimum atomic E-state index is -0.356. The van der Waals surface area contributed by atoms with Gasteiger partial charge in [-0.1, -0.05) is 20.3 Å². The molecule has 1 fully saturated rings. The normalized spacial score (nSPS) is 21.5. The Morgan fingerprint density at radius 3 is 2.78 bits per heavy atom. The van der Waals surface area contributed by atoms with Crippen LogP contribution in [0.5, 0.6) is 0 Å². The maximum atomic E-state index is 12.3. The summed E-state index contributed by atoms with van der Waals surface area (Å²) in [5.74, 6) is 0.0568. The Morgan fingerprint density at radius 2 is 2.17 bits per heavy atom. The van der Waals surface area contributed by atoms with E-state index in [4.69, 9.17) is 0 Å². The lowest BCUT2D eigenvalue weighted by atomic mass is 10.0. The molecule has 2 amide bonds. The molecular formula is C13H25N3O2. The van der Waals surface area contributed by atoms with Crippen molar-refractivity contribution in [2.75, 3.05) is 26.2 Å². The Kier molecular flexibility index (Phi) is 6.12. The maximum Gasteiger partial charge on any atom is 0.244 e. The molecule has 1 aliphatic rings. The van der Waals surface area contributed by atoms with Gasteiger partial charge >= 0.3 is 0 Å². The van der Waals surface area contributed by atoms with Crippen LogP contribution in [0.4, 0.5) is 0 Å². The molecule has 2 N–H and O–H groups in total. The predicted octanol–water partition coefficient (Wildman–Crippen LogP) is 0.359. The molecule has 1 rings (SSSR count). The molecule has 0 bridgehead atoms. The standard InChI is InChI=1S/C13H25N3O2/c1-4-6-10(3)13(18)16-8-7-14-9-11(16)12(17)15-5-2/h10-11,14H,4-9H2,1-3H3,(H,15,17). The largest absolute Gasteiger partial charge is 0.355 e. The first kappa shape index (κ1) is 15.0. The monoisotopic (exact) mass is 255 g/mol. The second-order valence-corrected chi connectivity index (χ2v) is 4.84. The third kappa shape index (κ3) is 3.70. The van der Waals surface area contributed by atoms with Crippen molar-refractivity contribution >= 4 is 11.8 Å². The van der Waals surface area contributed by atoms with Crippen molar-refractivity contribution in [3.8, 4) is 0 Å². The highest BCUT2D eigenvalue weighted by molar-refractivity contribution is 5.88. The summed E-state index contributed by atoms with van der Waals surface area (Å²) in [6.45, 7) is 8.44. The van der Waals surface area contributed by atoms with Gasteiger partial charge in [0, 0.05) is 32.1 Å². The molecule has 5 heteroatoms. The zero-order chi connectivity index (χ0) is 13.5. The minimum absolute atomic E-state index is 0.00465. The summed E-state index contributed by atoms with van der Waals surface area (Å²) in [5.41, 5.74) is 0. The van der Waals surface area contributed by atoms with Crippen LogP contribution in [0.3, 0.4) is 0 Å². The van der Waals surface area contributed by atoms with Gasteiger partial charge in [0.1, 0.15) is 6.04 Å². The lowest BCUT2D eigenvalue weighted by molar-refractivity contribution is -0.144. The molecule has 1 aliphatic heterocycles. The fourth-order valence-electron chi connectivity index (χ4n) is 2.33. The van der Waals surface area contributed by atoms with E-state index in [9.17, 15) is 9.59 Å². The van der Waals surface area contributed by atoms with Crippen molar-refractivity contribution in [1.82, 2.24) is 15.5 Å². The van der Waals surface area contributed by atoms with Crippen molar-refractivity contribution in [1.29, 1.82) is 0 Å². The third-order valence-electron chi connectivity index (χ3n) is 3.32. The quantitative estimate of drug-likeness (QED) is 0.745. The number of piperazine rings is 1. The molecule has 2 unspecified atom stereocenters. The number of hydrogen-bond acceptors (Lipinski definition) is 3. The van der Waals surface area contributed by atoms with Gasteiger partial charge < -0.3 is 15.5 Å². The van der Waals surface area contributed by atoms with Crippen LogP contribution in [-0.2, 0) is 9.59 Å². The first-order chi connectivity index (χ1) is 8.61. The summed E-state index contributed by atoms with van der Waals surface area (Å²) >= 11 is 0. The fourth-order valence-corrected chi connectivity index (χ4v) is 2.33. The van der Waals surface area contributed by atoms with Gasteiger partial charge in [-0.15, -0.1) is 0 Å². The van der Waals surface area contributed by atoms with E-state index in [-0.39, 0.29) is 23.8 Å². The lowest BCUT2D eigenvalue weighted by Gasteiger charge is -2.36. The average molecular weight is 255 g/mol. The Hall–Kier alpha value is -1.10. The van der Waals surface area contributed by atoms with E-state index in [1.54, 1.807) is 4.90 Å². The number of hydrogen-bond donors (Lipinski definition) is 2.